The number of hydrogen-bond acceptors (Lipinski definition) is 2. The molecule has 0 bridgehead atoms. The molecule has 0 atom stereocenters. The molecule has 0 fully saturated rings. The van der Waals surface area contributed by atoms with E-state index in [1.165, 1.54) is 0 Å². The highest BCUT2D eigenvalue weighted by Crippen LogP contribution is 2.10. The van der Waals surface area contributed by atoms with E-state index in [4.69, 9.17) is 4.74 Å². The zero-order chi connectivity index (χ0) is 11.4. The Hall–Kier alpha value is -0.730. The van der Waals surface area contributed by atoms with Crippen molar-refractivity contribution in [1.82, 2.24) is 4.90 Å². The number of rotatable bonds is 3. The van der Waals surface area contributed by atoms with E-state index >= 15 is 0 Å². The molecule has 0 saturated carbocycles. The zero-order valence-corrected chi connectivity index (χ0v) is 10.3. The molecule has 3 heteroatoms. The summed E-state index contributed by atoms with van der Waals surface area (Å²) in [6, 6.07) is 0. The summed E-state index contributed by atoms with van der Waals surface area (Å²) in [7, 11) is 1.77. The monoisotopic (exact) mass is 201 g/mol. The molecule has 0 aliphatic carbocycles. The molecule has 1 amide bonds. The third-order valence-corrected chi connectivity index (χ3v) is 1.75. The van der Waals surface area contributed by atoms with Crippen molar-refractivity contribution in [3.8, 4) is 0 Å². The van der Waals surface area contributed by atoms with E-state index < -0.39 is 5.60 Å². The van der Waals surface area contributed by atoms with Crippen molar-refractivity contribution in [2.24, 2.45) is 5.92 Å². The second kappa shape index (κ2) is 5.23. The van der Waals surface area contributed by atoms with Crippen molar-refractivity contribution in [2.75, 3.05) is 13.6 Å². The minimum Gasteiger partial charge on any atom is -0.444 e. The van der Waals surface area contributed by atoms with E-state index in [0.29, 0.717) is 5.92 Å². The standard InChI is InChI=1S/C11H23NO2/c1-9(2)7-8-12(6)10(13)14-11(3,4)5/h9H,7-8H2,1-6H3. The topological polar surface area (TPSA) is 29.5 Å². The van der Waals surface area contributed by atoms with Crippen LogP contribution in [0, 0.1) is 5.92 Å². The SMILES string of the molecule is CC(C)CCN(C)C(=O)OC(C)(C)C. The van der Waals surface area contributed by atoms with Crippen LogP contribution in [0.1, 0.15) is 41.0 Å². The molecule has 0 aromatic carbocycles. The third-order valence-electron chi connectivity index (χ3n) is 1.75. The Morgan fingerprint density at radius 2 is 1.86 bits per heavy atom. The van der Waals surface area contributed by atoms with Gasteiger partial charge < -0.3 is 9.64 Å². The van der Waals surface area contributed by atoms with Gasteiger partial charge >= 0.3 is 6.09 Å². The number of carbonyl (C=O) groups is 1. The van der Waals surface area contributed by atoms with Gasteiger partial charge in [-0.3, -0.25) is 0 Å². The molecule has 14 heavy (non-hydrogen) atoms. The average Bonchev–Trinajstić information content (AvgIpc) is 1.96. The van der Waals surface area contributed by atoms with Crippen LogP contribution in [-0.4, -0.2) is 30.2 Å². The predicted molar refractivity (Wildman–Crippen MR) is 58.3 cm³/mol. The number of carbonyl (C=O) groups excluding carboxylic acids is 1. The van der Waals surface area contributed by atoms with Gasteiger partial charge in [0.15, 0.2) is 0 Å². The maximum absolute atomic E-state index is 11.5. The lowest BCUT2D eigenvalue weighted by molar-refractivity contribution is 0.0292. The van der Waals surface area contributed by atoms with Crippen LogP contribution in [0.15, 0.2) is 0 Å². The van der Waals surface area contributed by atoms with Crippen LogP contribution in [0.25, 0.3) is 0 Å². The van der Waals surface area contributed by atoms with Gasteiger partial charge in [0.05, 0.1) is 0 Å². The summed E-state index contributed by atoms with van der Waals surface area (Å²) in [5, 5.41) is 0. The van der Waals surface area contributed by atoms with Crippen LogP contribution in [0.2, 0.25) is 0 Å². The quantitative estimate of drug-likeness (QED) is 0.702. The minimum atomic E-state index is -0.400. The highest BCUT2D eigenvalue weighted by molar-refractivity contribution is 5.67. The molecular weight excluding hydrogens is 178 g/mol. The first kappa shape index (κ1) is 13.3. The zero-order valence-electron chi connectivity index (χ0n) is 10.3. The Morgan fingerprint density at radius 3 is 2.21 bits per heavy atom. The maximum Gasteiger partial charge on any atom is 0.410 e. The Kier molecular flexibility index (Phi) is 4.95. The van der Waals surface area contributed by atoms with Crippen LogP contribution >= 0.6 is 0 Å². The van der Waals surface area contributed by atoms with Crippen LogP contribution in [0.4, 0.5) is 4.79 Å². The summed E-state index contributed by atoms with van der Waals surface area (Å²) in [6.45, 7) is 10.7. The molecule has 0 aromatic heterocycles. The molecule has 0 heterocycles. The van der Waals surface area contributed by atoms with Gasteiger partial charge in [0, 0.05) is 13.6 Å². The summed E-state index contributed by atoms with van der Waals surface area (Å²) >= 11 is 0. The molecule has 0 rings (SSSR count). The molecular formula is C11H23NO2. The predicted octanol–water partition coefficient (Wildman–Crippen LogP) is 2.90. The van der Waals surface area contributed by atoms with E-state index in [2.05, 4.69) is 13.8 Å². The average molecular weight is 201 g/mol. The lowest BCUT2D eigenvalue weighted by atomic mass is 10.1. The first-order valence-corrected chi connectivity index (χ1v) is 5.16. The van der Waals surface area contributed by atoms with Gasteiger partial charge in [-0.25, -0.2) is 4.79 Å². The smallest absolute Gasteiger partial charge is 0.410 e. The van der Waals surface area contributed by atoms with Crippen LogP contribution in [0.5, 0.6) is 0 Å². The normalized spacial score (nSPS) is 11.6. The third kappa shape index (κ3) is 6.75. The summed E-state index contributed by atoms with van der Waals surface area (Å²) in [4.78, 5) is 13.1. The molecule has 0 N–H and O–H groups in total. The van der Waals surface area contributed by atoms with Crippen molar-refractivity contribution < 1.29 is 9.53 Å². The molecule has 0 aliphatic heterocycles. The highest BCUT2D eigenvalue weighted by atomic mass is 16.6. The number of amides is 1. The molecule has 84 valence electrons. The molecule has 0 saturated heterocycles. The summed E-state index contributed by atoms with van der Waals surface area (Å²) in [5.41, 5.74) is -0.400. The Balaban J connectivity index is 3.88. The van der Waals surface area contributed by atoms with Crippen molar-refractivity contribution in [2.45, 2.75) is 46.6 Å². The van der Waals surface area contributed by atoms with E-state index in [1.807, 2.05) is 20.8 Å². The van der Waals surface area contributed by atoms with Gasteiger partial charge in [-0.1, -0.05) is 13.8 Å². The summed E-state index contributed by atoms with van der Waals surface area (Å²) < 4.78 is 5.22. The van der Waals surface area contributed by atoms with Gasteiger partial charge in [-0.05, 0) is 33.1 Å². The first-order valence-electron chi connectivity index (χ1n) is 5.16. The Morgan fingerprint density at radius 1 is 1.36 bits per heavy atom. The van der Waals surface area contributed by atoms with E-state index in [1.54, 1.807) is 11.9 Å². The van der Waals surface area contributed by atoms with Crippen molar-refractivity contribution in [3.63, 3.8) is 0 Å². The van der Waals surface area contributed by atoms with Gasteiger partial charge in [0.2, 0.25) is 0 Å². The molecule has 0 unspecified atom stereocenters. The fourth-order valence-corrected chi connectivity index (χ4v) is 0.883. The van der Waals surface area contributed by atoms with Crippen molar-refractivity contribution in [1.29, 1.82) is 0 Å². The number of ether oxygens (including phenoxy) is 1. The second-order valence-corrected chi connectivity index (χ2v) is 5.08. The lowest BCUT2D eigenvalue weighted by Crippen LogP contribution is -2.35. The molecule has 0 aliphatic rings. The summed E-state index contributed by atoms with van der Waals surface area (Å²) in [6.07, 6.45) is 0.772. The van der Waals surface area contributed by atoms with Crippen LogP contribution in [0.3, 0.4) is 0 Å². The number of nitrogens with zero attached hydrogens (tertiary/aromatic N) is 1. The fourth-order valence-electron chi connectivity index (χ4n) is 0.883. The second-order valence-electron chi connectivity index (χ2n) is 5.08. The first-order chi connectivity index (χ1) is 6.22. The maximum atomic E-state index is 11.5. The molecule has 0 spiro atoms. The van der Waals surface area contributed by atoms with Crippen LogP contribution < -0.4 is 0 Å². The van der Waals surface area contributed by atoms with Crippen molar-refractivity contribution in [3.05, 3.63) is 0 Å². The Bertz CT molecular complexity index is 182. The van der Waals surface area contributed by atoms with E-state index in [9.17, 15) is 4.79 Å². The molecule has 3 nitrogen and oxygen atoms in total. The largest absolute Gasteiger partial charge is 0.444 e. The lowest BCUT2D eigenvalue weighted by Gasteiger charge is -2.25. The molecule has 0 aromatic rings. The van der Waals surface area contributed by atoms with Gasteiger partial charge in [-0.2, -0.15) is 0 Å². The van der Waals surface area contributed by atoms with Gasteiger partial charge in [0.1, 0.15) is 5.60 Å². The molecule has 0 radical (unpaired) electrons. The highest BCUT2D eigenvalue weighted by Gasteiger charge is 2.19. The van der Waals surface area contributed by atoms with E-state index in [-0.39, 0.29) is 6.09 Å². The Labute approximate surface area is 87.4 Å². The number of hydrogen-bond donors (Lipinski definition) is 0. The summed E-state index contributed by atoms with van der Waals surface area (Å²) in [5.74, 6) is 0.611. The van der Waals surface area contributed by atoms with Crippen LogP contribution in [-0.2, 0) is 4.74 Å². The fraction of sp³-hybridized carbons (Fsp3) is 0.909. The minimum absolute atomic E-state index is 0.238. The van der Waals surface area contributed by atoms with Crippen molar-refractivity contribution >= 4 is 6.09 Å². The van der Waals surface area contributed by atoms with E-state index in [0.717, 1.165) is 13.0 Å². The van der Waals surface area contributed by atoms with Gasteiger partial charge in [0.25, 0.3) is 0 Å². The van der Waals surface area contributed by atoms with Gasteiger partial charge in [-0.15, -0.1) is 0 Å².